The van der Waals surface area contributed by atoms with E-state index in [0.717, 1.165) is 62.3 Å². The highest BCUT2D eigenvalue weighted by molar-refractivity contribution is 7.99. The van der Waals surface area contributed by atoms with Crippen LogP contribution < -0.4 is 10.2 Å². The summed E-state index contributed by atoms with van der Waals surface area (Å²) in [5.41, 5.74) is 1.24. The first kappa shape index (κ1) is 17.5. The van der Waals surface area contributed by atoms with Crippen LogP contribution in [0.25, 0.3) is 0 Å². The molecule has 1 amide bonds. The number of nitrogens with zero attached hydrogens (tertiary/aromatic N) is 3. The van der Waals surface area contributed by atoms with Crippen molar-refractivity contribution in [2.45, 2.75) is 18.5 Å². The Morgan fingerprint density at radius 3 is 2.56 bits per heavy atom. The molecule has 0 radical (unpaired) electrons. The Hall–Kier alpha value is -0.950. The van der Waals surface area contributed by atoms with Crippen LogP contribution in [0.15, 0.2) is 24.3 Å². The predicted molar refractivity (Wildman–Crippen MR) is 104 cm³/mol. The van der Waals surface area contributed by atoms with E-state index in [9.17, 15) is 4.79 Å². The lowest BCUT2D eigenvalue weighted by atomic mass is 10.1. The van der Waals surface area contributed by atoms with Gasteiger partial charge in [0.05, 0.1) is 11.9 Å². The summed E-state index contributed by atoms with van der Waals surface area (Å²) < 4.78 is 0. The van der Waals surface area contributed by atoms with Crippen LogP contribution in [0.4, 0.5) is 5.69 Å². The normalized spacial score (nSPS) is 27.9. The Morgan fingerprint density at radius 1 is 1.12 bits per heavy atom. The van der Waals surface area contributed by atoms with Crippen LogP contribution in [-0.4, -0.2) is 78.7 Å². The maximum absolute atomic E-state index is 12.6. The van der Waals surface area contributed by atoms with Crippen LogP contribution in [0, 0.1) is 0 Å². The lowest BCUT2D eigenvalue weighted by molar-refractivity contribution is -0.131. The quantitative estimate of drug-likeness (QED) is 0.864. The number of rotatable bonds is 3. The van der Waals surface area contributed by atoms with E-state index in [-0.39, 0.29) is 6.04 Å². The molecule has 3 fully saturated rings. The van der Waals surface area contributed by atoms with Gasteiger partial charge in [-0.1, -0.05) is 11.6 Å². The molecule has 0 aliphatic carbocycles. The van der Waals surface area contributed by atoms with E-state index in [2.05, 4.69) is 27.2 Å². The molecule has 3 aliphatic rings. The molecule has 3 heterocycles. The molecule has 1 N–H and O–H groups in total. The minimum Gasteiger partial charge on any atom is -0.369 e. The molecule has 1 aromatic carbocycles. The second-order valence-electron chi connectivity index (χ2n) is 6.99. The van der Waals surface area contributed by atoms with Crippen molar-refractivity contribution >= 4 is 35.0 Å². The molecule has 0 spiro atoms. The number of piperazine rings is 1. The summed E-state index contributed by atoms with van der Waals surface area (Å²) in [4.78, 5) is 19.5. The second kappa shape index (κ2) is 7.74. The van der Waals surface area contributed by atoms with Crippen molar-refractivity contribution < 1.29 is 4.79 Å². The number of anilines is 1. The van der Waals surface area contributed by atoms with Gasteiger partial charge in [-0.2, -0.15) is 0 Å². The molecule has 4 rings (SSSR count). The van der Waals surface area contributed by atoms with Crippen molar-refractivity contribution in [2.24, 2.45) is 0 Å². The van der Waals surface area contributed by atoms with Gasteiger partial charge < -0.3 is 15.1 Å². The lowest BCUT2D eigenvalue weighted by Gasteiger charge is -2.39. The number of amides is 1. The molecule has 1 aromatic rings. The van der Waals surface area contributed by atoms with Gasteiger partial charge in [-0.15, -0.1) is 11.8 Å². The second-order valence-corrected chi connectivity index (χ2v) is 8.50. The molecule has 3 saturated heterocycles. The third-order valence-corrected chi connectivity index (χ3v) is 6.71. The van der Waals surface area contributed by atoms with Gasteiger partial charge in [-0.25, -0.2) is 0 Å². The van der Waals surface area contributed by atoms with Crippen molar-refractivity contribution in [2.75, 3.05) is 55.8 Å². The molecule has 2 atom stereocenters. The highest BCUT2D eigenvalue weighted by atomic mass is 35.5. The SMILES string of the molecule is O=C([C@@H]1C[C@H](N2CCN(c3ccc(Cl)cc3)CC2)CN1)N1CCSC1. The number of thioether (sulfide) groups is 1. The highest BCUT2D eigenvalue weighted by Gasteiger charge is 2.36. The number of nitrogens with one attached hydrogen (secondary N) is 1. The molecular formula is C18H25ClN4OS. The molecule has 25 heavy (non-hydrogen) atoms. The van der Waals surface area contributed by atoms with Crippen molar-refractivity contribution in [1.82, 2.24) is 15.1 Å². The summed E-state index contributed by atoms with van der Waals surface area (Å²) in [6, 6.07) is 8.60. The van der Waals surface area contributed by atoms with Gasteiger partial charge in [0.25, 0.3) is 0 Å². The van der Waals surface area contributed by atoms with Gasteiger partial charge in [-0.3, -0.25) is 9.69 Å². The standard InChI is InChI=1S/C18H25ClN4OS/c19-14-1-3-15(4-2-14)21-5-7-22(8-6-21)16-11-17(20-12-16)18(24)23-9-10-25-13-23/h1-4,16-17,20H,5-13H2/t16-,17-/m0/s1. The van der Waals surface area contributed by atoms with Crippen molar-refractivity contribution in [3.05, 3.63) is 29.3 Å². The number of hydrogen-bond donors (Lipinski definition) is 1. The van der Waals surface area contributed by atoms with E-state index < -0.39 is 0 Å². The number of benzene rings is 1. The molecule has 136 valence electrons. The minimum absolute atomic E-state index is 0.0120. The van der Waals surface area contributed by atoms with Crippen LogP contribution in [0.1, 0.15) is 6.42 Å². The van der Waals surface area contributed by atoms with E-state index in [0.29, 0.717) is 11.9 Å². The van der Waals surface area contributed by atoms with E-state index in [4.69, 9.17) is 11.6 Å². The fourth-order valence-corrected chi connectivity index (χ4v) is 5.07. The monoisotopic (exact) mass is 380 g/mol. The molecule has 7 heteroatoms. The van der Waals surface area contributed by atoms with Crippen molar-refractivity contribution in [3.63, 3.8) is 0 Å². The fraction of sp³-hybridized carbons (Fsp3) is 0.611. The third-order valence-electron chi connectivity index (χ3n) is 5.49. The Bertz CT molecular complexity index is 600. The topological polar surface area (TPSA) is 38.8 Å². The van der Waals surface area contributed by atoms with Crippen molar-refractivity contribution in [3.8, 4) is 0 Å². The minimum atomic E-state index is 0.0120. The van der Waals surface area contributed by atoms with Crippen LogP contribution in [0.5, 0.6) is 0 Å². The largest absolute Gasteiger partial charge is 0.369 e. The number of carbonyl (C=O) groups excluding carboxylic acids is 1. The summed E-state index contributed by atoms with van der Waals surface area (Å²) in [6.45, 7) is 5.99. The first-order valence-electron chi connectivity index (χ1n) is 9.05. The maximum Gasteiger partial charge on any atom is 0.240 e. The third kappa shape index (κ3) is 3.92. The zero-order valence-electron chi connectivity index (χ0n) is 14.4. The van der Waals surface area contributed by atoms with E-state index in [1.807, 2.05) is 28.8 Å². The summed E-state index contributed by atoms with van der Waals surface area (Å²) in [6.07, 6.45) is 0.945. The summed E-state index contributed by atoms with van der Waals surface area (Å²) >= 11 is 7.83. The van der Waals surface area contributed by atoms with Crippen LogP contribution >= 0.6 is 23.4 Å². The maximum atomic E-state index is 12.6. The zero-order chi connectivity index (χ0) is 17.2. The molecule has 3 aliphatic heterocycles. The van der Waals surface area contributed by atoms with Crippen LogP contribution in [0.3, 0.4) is 0 Å². The number of halogens is 1. The Morgan fingerprint density at radius 2 is 1.88 bits per heavy atom. The van der Waals surface area contributed by atoms with Gasteiger partial charge in [0.1, 0.15) is 0 Å². The molecule has 0 unspecified atom stereocenters. The van der Waals surface area contributed by atoms with Gasteiger partial charge in [0.2, 0.25) is 5.91 Å². The van der Waals surface area contributed by atoms with Gasteiger partial charge >= 0.3 is 0 Å². The zero-order valence-corrected chi connectivity index (χ0v) is 15.9. The van der Waals surface area contributed by atoms with Crippen molar-refractivity contribution in [1.29, 1.82) is 0 Å². The van der Waals surface area contributed by atoms with Gasteiger partial charge in [-0.05, 0) is 30.7 Å². The number of hydrogen-bond acceptors (Lipinski definition) is 5. The van der Waals surface area contributed by atoms with Gasteiger partial charge in [0, 0.05) is 61.8 Å². The smallest absolute Gasteiger partial charge is 0.240 e. The summed E-state index contributed by atoms with van der Waals surface area (Å²) in [7, 11) is 0. The fourth-order valence-electron chi connectivity index (χ4n) is 3.99. The highest BCUT2D eigenvalue weighted by Crippen LogP contribution is 2.23. The van der Waals surface area contributed by atoms with Crippen LogP contribution in [0.2, 0.25) is 5.02 Å². The summed E-state index contributed by atoms with van der Waals surface area (Å²) in [5.74, 6) is 2.24. The average molecular weight is 381 g/mol. The van der Waals surface area contributed by atoms with E-state index >= 15 is 0 Å². The average Bonchev–Trinajstić information content (AvgIpc) is 3.34. The van der Waals surface area contributed by atoms with E-state index in [1.54, 1.807) is 0 Å². The molecular weight excluding hydrogens is 356 g/mol. The molecule has 0 bridgehead atoms. The first-order valence-corrected chi connectivity index (χ1v) is 10.6. The van der Waals surface area contributed by atoms with E-state index in [1.165, 1.54) is 5.69 Å². The van der Waals surface area contributed by atoms with Crippen LogP contribution in [-0.2, 0) is 4.79 Å². The Kier molecular flexibility index (Phi) is 5.41. The predicted octanol–water partition coefficient (Wildman–Crippen LogP) is 1.73. The lowest BCUT2D eigenvalue weighted by Crippen LogP contribution is -2.51. The molecule has 0 aromatic heterocycles. The first-order chi connectivity index (χ1) is 12.2. The number of carbonyl (C=O) groups is 1. The Labute approximate surface area is 158 Å². The molecule has 5 nitrogen and oxygen atoms in total. The summed E-state index contributed by atoms with van der Waals surface area (Å²) in [5, 5.41) is 4.24. The van der Waals surface area contributed by atoms with Gasteiger partial charge in [0.15, 0.2) is 0 Å². The Balaban J connectivity index is 1.28. The molecule has 0 saturated carbocycles.